The van der Waals surface area contributed by atoms with Gasteiger partial charge in [0.05, 0.1) is 11.5 Å². The lowest BCUT2D eigenvalue weighted by atomic mass is 10.0. The highest BCUT2D eigenvalue weighted by Gasteiger charge is 2.15. The quantitative estimate of drug-likeness (QED) is 0.608. The van der Waals surface area contributed by atoms with Gasteiger partial charge in [-0.25, -0.2) is 0 Å². The summed E-state index contributed by atoms with van der Waals surface area (Å²) in [7, 11) is 0. The van der Waals surface area contributed by atoms with Crippen LogP contribution < -0.4 is 5.32 Å². The molecule has 0 radical (unpaired) electrons. The van der Waals surface area contributed by atoms with Crippen LogP contribution in [0.3, 0.4) is 0 Å². The molecule has 0 bridgehead atoms. The third kappa shape index (κ3) is 4.61. The van der Waals surface area contributed by atoms with Crippen LogP contribution in [-0.4, -0.2) is 24.2 Å². The Morgan fingerprint density at radius 3 is 2.68 bits per heavy atom. The molecular weight excluding hydrogens is 244 g/mol. The van der Waals surface area contributed by atoms with E-state index in [4.69, 9.17) is 4.74 Å². The Balaban J connectivity index is 2.74. The topological polar surface area (TPSA) is 64.4 Å². The SMILES string of the molecule is CCOCC(C)NC(C)c1ccc(C)c([N+](=O)[O-])c1. The minimum absolute atomic E-state index is 0.0507. The van der Waals surface area contributed by atoms with Crippen molar-refractivity contribution in [3.05, 3.63) is 39.4 Å². The summed E-state index contributed by atoms with van der Waals surface area (Å²) in [4.78, 5) is 10.6. The fourth-order valence-corrected chi connectivity index (χ4v) is 1.96. The first-order valence-corrected chi connectivity index (χ1v) is 6.54. The zero-order chi connectivity index (χ0) is 14.4. The highest BCUT2D eigenvalue weighted by molar-refractivity contribution is 5.43. The van der Waals surface area contributed by atoms with Gasteiger partial charge in [-0.3, -0.25) is 10.1 Å². The molecule has 0 aromatic heterocycles. The zero-order valence-corrected chi connectivity index (χ0v) is 12.0. The first kappa shape index (κ1) is 15.6. The number of aryl methyl sites for hydroxylation is 1. The Morgan fingerprint density at radius 1 is 1.42 bits per heavy atom. The fraction of sp³-hybridized carbons (Fsp3) is 0.571. The van der Waals surface area contributed by atoms with Crippen LogP contribution in [-0.2, 0) is 4.74 Å². The minimum atomic E-state index is -0.338. The van der Waals surface area contributed by atoms with Crippen molar-refractivity contribution >= 4 is 5.69 Å². The van der Waals surface area contributed by atoms with Crippen molar-refractivity contribution in [2.45, 2.75) is 39.8 Å². The molecule has 2 atom stereocenters. The van der Waals surface area contributed by atoms with Crippen LogP contribution >= 0.6 is 0 Å². The number of hydrogen-bond donors (Lipinski definition) is 1. The molecule has 5 heteroatoms. The van der Waals surface area contributed by atoms with Crippen molar-refractivity contribution in [1.82, 2.24) is 5.32 Å². The van der Waals surface area contributed by atoms with Crippen LogP contribution in [0, 0.1) is 17.0 Å². The smallest absolute Gasteiger partial charge is 0.272 e. The van der Waals surface area contributed by atoms with Gasteiger partial charge in [0.25, 0.3) is 5.69 Å². The van der Waals surface area contributed by atoms with Gasteiger partial charge >= 0.3 is 0 Å². The van der Waals surface area contributed by atoms with E-state index >= 15 is 0 Å². The summed E-state index contributed by atoms with van der Waals surface area (Å²) in [5.41, 5.74) is 1.77. The van der Waals surface area contributed by atoms with Gasteiger partial charge in [0.2, 0.25) is 0 Å². The summed E-state index contributed by atoms with van der Waals surface area (Å²) in [6.45, 7) is 9.06. The Morgan fingerprint density at radius 2 is 2.11 bits per heavy atom. The third-order valence-corrected chi connectivity index (χ3v) is 3.04. The first-order chi connectivity index (χ1) is 8.95. The molecule has 5 nitrogen and oxygen atoms in total. The van der Waals surface area contributed by atoms with E-state index in [1.807, 2.05) is 26.8 Å². The monoisotopic (exact) mass is 266 g/mol. The zero-order valence-electron chi connectivity index (χ0n) is 12.0. The number of rotatable bonds is 7. The summed E-state index contributed by atoms with van der Waals surface area (Å²) in [5.74, 6) is 0. The Labute approximate surface area is 114 Å². The highest BCUT2D eigenvalue weighted by Crippen LogP contribution is 2.23. The standard InChI is InChI=1S/C14H22N2O3/c1-5-19-9-11(3)15-12(4)13-7-6-10(2)14(8-13)16(17)18/h6-8,11-12,15H,5,9H2,1-4H3. The number of nitrogens with zero attached hydrogens (tertiary/aromatic N) is 1. The van der Waals surface area contributed by atoms with E-state index in [1.165, 1.54) is 0 Å². The normalized spacial score (nSPS) is 14.1. The van der Waals surface area contributed by atoms with Gasteiger partial charge in [0, 0.05) is 30.3 Å². The number of nitro groups is 1. The van der Waals surface area contributed by atoms with E-state index in [0.29, 0.717) is 18.8 Å². The summed E-state index contributed by atoms with van der Waals surface area (Å²) in [6.07, 6.45) is 0. The molecule has 0 heterocycles. The lowest BCUT2D eigenvalue weighted by molar-refractivity contribution is -0.385. The van der Waals surface area contributed by atoms with Crippen LogP contribution in [0.15, 0.2) is 18.2 Å². The molecule has 1 aromatic carbocycles. The Kier molecular flexibility index (Phi) is 5.92. The van der Waals surface area contributed by atoms with Gasteiger partial charge < -0.3 is 10.1 Å². The van der Waals surface area contributed by atoms with E-state index in [9.17, 15) is 10.1 Å². The molecule has 0 saturated carbocycles. The molecule has 106 valence electrons. The number of nitro benzene ring substituents is 1. The van der Waals surface area contributed by atoms with Crippen molar-refractivity contribution < 1.29 is 9.66 Å². The van der Waals surface area contributed by atoms with E-state index in [1.54, 1.807) is 19.1 Å². The van der Waals surface area contributed by atoms with Crippen molar-refractivity contribution in [2.75, 3.05) is 13.2 Å². The van der Waals surface area contributed by atoms with Crippen LogP contribution in [0.5, 0.6) is 0 Å². The molecule has 2 unspecified atom stereocenters. The summed E-state index contributed by atoms with van der Waals surface area (Å²) in [6, 6.07) is 5.61. The average molecular weight is 266 g/mol. The fourth-order valence-electron chi connectivity index (χ4n) is 1.96. The number of ether oxygens (including phenoxy) is 1. The van der Waals surface area contributed by atoms with Gasteiger partial charge in [-0.15, -0.1) is 0 Å². The minimum Gasteiger partial charge on any atom is -0.380 e. The Hall–Kier alpha value is -1.46. The maximum atomic E-state index is 10.9. The predicted molar refractivity (Wildman–Crippen MR) is 75.3 cm³/mol. The lowest BCUT2D eigenvalue weighted by Gasteiger charge is -2.20. The van der Waals surface area contributed by atoms with Gasteiger partial charge in [0.1, 0.15) is 0 Å². The largest absolute Gasteiger partial charge is 0.380 e. The van der Waals surface area contributed by atoms with Crippen molar-refractivity contribution in [2.24, 2.45) is 0 Å². The molecule has 0 amide bonds. The molecule has 0 aliphatic rings. The number of benzene rings is 1. The summed E-state index contributed by atoms with van der Waals surface area (Å²) in [5, 5.41) is 14.3. The molecule has 1 aromatic rings. The molecule has 1 rings (SSSR count). The van der Waals surface area contributed by atoms with Crippen LogP contribution in [0.25, 0.3) is 0 Å². The van der Waals surface area contributed by atoms with Crippen molar-refractivity contribution in [3.63, 3.8) is 0 Å². The first-order valence-electron chi connectivity index (χ1n) is 6.54. The van der Waals surface area contributed by atoms with E-state index in [-0.39, 0.29) is 22.7 Å². The third-order valence-electron chi connectivity index (χ3n) is 3.04. The molecule has 0 aliphatic heterocycles. The molecule has 0 fully saturated rings. The second-order valence-electron chi connectivity index (χ2n) is 4.75. The summed E-state index contributed by atoms with van der Waals surface area (Å²) < 4.78 is 5.34. The molecule has 0 spiro atoms. The average Bonchev–Trinajstić information content (AvgIpc) is 2.36. The molecule has 0 aliphatic carbocycles. The highest BCUT2D eigenvalue weighted by atomic mass is 16.6. The van der Waals surface area contributed by atoms with Crippen LogP contribution in [0.2, 0.25) is 0 Å². The molecule has 1 N–H and O–H groups in total. The van der Waals surface area contributed by atoms with Crippen molar-refractivity contribution in [1.29, 1.82) is 0 Å². The van der Waals surface area contributed by atoms with Gasteiger partial charge in [-0.1, -0.05) is 12.1 Å². The maximum Gasteiger partial charge on any atom is 0.272 e. The Bertz CT molecular complexity index is 435. The lowest BCUT2D eigenvalue weighted by Crippen LogP contribution is -2.32. The molecular formula is C14H22N2O3. The second kappa shape index (κ2) is 7.21. The second-order valence-corrected chi connectivity index (χ2v) is 4.75. The molecule has 19 heavy (non-hydrogen) atoms. The van der Waals surface area contributed by atoms with Crippen LogP contribution in [0.4, 0.5) is 5.69 Å². The van der Waals surface area contributed by atoms with E-state index < -0.39 is 0 Å². The van der Waals surface area contributed by atoms with Crippen LogP contribution in [0.1, 0.15) is 37.9 Å². The molecule has 0 saturated heterocycles. The van der Waals surface area contributed by atoms with E-state index in [0.717, 1.165) is 5.56 Å². The number of nitrogens with one attached hydrogen (secondary N) is 1. The predicted octanol–water partition coefficient (Wildman–Crippen LogP) is 2.98. The van der Waals surface area contributed by atoms with Gasteiger partial charge in [-0.2, -0.15) is 0 Å². The van der Waals surface area contributed by atoms with Gasteiger partial charge in [-0.05, 0) is 33.3 Å². The summed E-state index contributed by atoms with van der Waals surface area (Å²) >= 11 is 0. The van der Waals surface area contributed by atoms with Gasteiger partial charge in [0.15, 0.2) is 0 Å². The maximum absolute atomic E-state index is 10.9. The number of hydrogen-bond acceptors (Lipinski definition) is 4. The van der Waals surface area contributed by atoms with E-state index in [2.05, 4.69) is 5.32 Å². The van der Waals surface area contributed by atoms with Crippen molar-refractivity contribution in [3.8, 4) is 0 Å².